The van der Waals surface area contributed by atoms with E-state index in [4.69, 9.17) is 4.74 Å². The van der Waals surface area contributed by atoms with E-state index in [1.54, 1.807) is 31.2 Å². The normalized spacial score (nSPS) is 11.5. The Morgan fingerprint density at radius 3 is 2.38 bits per heavy atom. The molecule has 0 saturated carbocycles. The second-order valence-corrected chi connectivity index (χ2v) is 6.37. The molecular formula is C21H26N2O3. The second kappa shape index (κ2) is 9.04. The van der Waals surface area contributed by atoms with E-state index in [-0.39, 0.29) is 11.8 Å². The Balaban J connectivity index is 2.08. The van der Waals surface area contributed by atoms with Gasteiger partial charge in [-0.05, 0) is 62.6 Å². The van der Waals surface area contributed by atoms with Crippen LogP contribution in [0.4, 0.5) is 5.69 Å². The van der Waals surface area contributed by atoms with Gasteiger partial charge in [0.1, 0.15) is 5.75 Å². The fraction of sp³-hybridized carbons (Fsp3) is 0.333. The fourth-order valence-corrected chi connectivity index (χ4v) is 2.62. The number of benzene rings is 2. The molecule has 0 fully saturated rings. The molecule has 0 spiro atoms. The molecule has 2 aromatic rings. The maximum atomic E-state index is 12.5. The van der Waals surface area contributed by atoms with Crippen molar-refractivity contribution in [2.24, 2.45) is 0 Å². The Bertz CT molecular complexity index is 766. The molecule has 0 heterocycles. The number of carbonyl (C=O) groups excluding carboxylic acids is 2. The van der Waals surface area contributed by atoms with Crippen LogP contribution in [0, 0.1) is 13.8 Å². The molecule has 5 nitrogen and oxygen atoms in total. The van der Waals surface area contributed by atoms with Crippen LogP contribution in [0.1, 0.15) is 41.8 Å². The number of hydrogen-bond donors (Lipinski definition) is 2. The highest BCUT2D eigenvalue weighted by Crippen LogP contribution is 2.19. The van der Waals surface area contributed by atoms with Crippen LogP contribution >= 0.6 is 0 Å². The molecule has 0 saturated heterocycles. The molecule has 0 unspecified atom stereocenters. The summed E-state index contributed by atoms with van der Waals surface area (Å²) in [6.45, 7) is 8.23. The van der Waals surface area contributed by atoms with Crippen LogP contribution in [0.2, 0.25) is 0 Å². The van der Waals surface area contributed by atoms with E-state index in [9.17, 15) is 9.59 Å². The Hall–Kier alpha value is -2.82. The minimum Gasteiger partial charge on any atom is -0.481 e. The summed E-state index contributed by atoms with van der Waals surface area (Å²) in [6.07, 6.45) is 0.157. The summed E-state index contributed by atoms with van der Waals surface area (Å²) in [5, 5.41) is 5.61. The summed E-state index contributed by atoms with van der Waals surface area (Å²) >= 11 is 0. The molecular weight excluding hydrogens is 328 g/mol. The summed E-state index contributed by atoms with van der Waals surface area (Å²) in [6, 6.07) is 12.8. The van der Waals surface area contributed by atoms with Crippen LogP contribution in [0.15, 0.2) is 42.5 Å². The van der Waals surface area contributed by atoms with Gasteiger partial charge in [0.15, 0.2) is 6.10 Å². The van der Waals surface area contributed by atoms with Crippen LogP contribution in [-0.4, -0.2) is 24.5 Å². The smallest absolute Gasteiger partial charge is 0.265 e. The minimum atomic E-state index is -0.692. The number of ether oxygens (including phenoxy) is 1. The van der Waals surface area contributed by atoms with E-state index in [0.29, 0.717) is 23.5 Å². The molecule has 0 aliphatic heterocycles. The Morgan fingerprint density at radius 2 is 1.73 bits per heavy atom. The third-order valence-electron chi connectivity index (χ3n) is 3.84. The maximum absolute atomic E-state index is 12.5. The molecule has 138 valence electrons. The largest absolute Gasteiger partial charge is 0.481 e. The van der Waals surface area contributed by atoms with E-state index in [1.807, 2.05) is 39.0 Å². The zero-order valence-corrected chi connectivity index (χ0v) is 15.8. The number of aryl methyl sites for hydroxylation is 2. The second-order valence-electron chi connectivity index (χ2n) is 6.37. The Morgan fingerprint density at radius 1 is 1.08 bits per heavy atom. The van der Waals surface area contributed by atoms with Gasteiger partial charge in [0.05, 0.1) is 11.3 Å². The van der Waals surface area contributed by atoms with Crippen molar-refractivity contribution in [1.29, 1.82) is 0 Å². The number of nitrogens with one attached hydrogen (secondary N) is 2. The Kier molecular flexibility index (Phi) is 6.78. The van der Waals surface area contributed by atoms with E-state index < -0.39 is 6.10 Å². The Labute approximate surface area is 154 Å². The molecule has 2 N–H and O–H groups in total. The van der Waals surface area contributed by atoms with Crippen LogP contribution in [0.5, 0.6) is 5.75 Å². The molecule has 2 rings (SSSR count). The third kappa shape index (κ3) is 5.34. The molecule has 0 bridgehead atoms. The first kappa shape index (κ1) is 19.5. The fourth-order valence-electron chi connectivity index (χ4n) is 2.62. The first-order chi connectivity index (χ1) is 12.4. The summed E-state index contributed by atoms with van der Waals surface area (Å²) < 4.78 is 5.76. The van der Waals surface area contributed by atoms with Crippen LogP contribution < -0.4 is 15.4 Å². The molecule has 26 heavy (non-hydrogen) atoms. The van der Waals surface area contributed by atoms with Crippen molar-refractivity contribution < 1.29 is 14.3 Å². The summed E-state index contributed by atoms with van der Waals surface area (Å²) in [5.74, 6) is 0.143. The molecule has 2 amide bonds. The van der Waals surface area contributed by atoms with Crippen LogP contribution in [-0.2, 0) is 4.79 Å². The SMILES string of the molecule is CCCNC(=O)c1ccccc1NC(=O)[C@@H](C)Oc1cc(C)cc(C)c1. The van der Waals surface area contributed by atoms with E-state index in [2.05, 4.69) is 10.6 Å². The van der Waals surface area contributed by atoms with Gasteiger partial charge in [-0.1, -0.05) is 25.1 Å². The van der Waals surface area contributed by atoms with Gasteiger partial charge >= 0.3 is 0 Å². The highest BCUT2D eigenvalue weighted by molar-refractivity contribution is 6.04. The topological polar surface area (TPSA) is 67.4 Å². The number of carbonyl (C=O) groups is 2. The lowest BCUT2D eigenvalue weighted by Crippen LogP contribution is -2.32. The van der Waals surface area contributed by atoms with Crippen molar-refractivity contribution >= 4 is 17.5 Å². The monoisotopic (exact) mass is 354 g/mol. The molecule has 0 radical (unpaired) electrons. The van der Waals surface area contributed by atoms with Gasteiger partial charge in [0.25, 0.3) is 11.8 Å². The lowest BCUT2D eigenvalue weighted by molar-refractivity contribution is -0.122. The standard InChI is InChI=1S/C21H26N2O3/c1-5-10-22-21(25)18-8-6-7-9-19(18)23-20(24)16(4)26-17-12-14(2)11-15(3)13-17/h6-9,11-13,16H,5,10H2,1-4H3,(H,22,25)(H,23,24)/t16-/m1/s1. The van der Waals surface area contributed by atoms with E-state index in [1.165, 1.54) is 0 Å². The number of hydrogen-bond acceptors (Lipinski definition) is 3. The van der Waals surface area contributed by atoms with Crippen molar-refractivity contribution in [3.8, 4) is 5.75 Å². The predicted octanol–water partition coefficient (Wildman–Crippen LogP) is 3.85. The summed E-state index contributed by atoms with van der Waals surface area (Å²) in [7, 11) is 0. The highest BCUT2D eigenvalue weighted by Gasteiger charge is 2.18. The molecule has 5 heteroatoms. The molecule has 2 aromatic carbocycles. The van der Waals surface area contributed by atoms with Crippen molar-refractivity contribution in [3.05, 3.63) is 59.2 Å². The molecule has 0 aromatic heterocycles. The lowest BCUT2D eigenvalue weighted by atomic mass is 10.1. The van der Waals surface area contributed by atoms with Crippen molar-refractivity contribution in [1.82, 2.24) is 5.32 Å². The zero-order valence-electron chi connectivity index (χ0n) is 15.8. The van der Waals surface area contributed by atoms with Crippen molar-refractivity contribution in [3.63, 3.8) is 0 Å². The molecule has 1 atom stereocenters. The van der Waals surface area contributed by atoms with Crippen molar-refractivity contribution in [2.75, 3.05) is 11.9 Å². The van der Waals surface area contributed by atoms with Gasteiger partial charge in [-0.25, -0.2) is 0 Å². The van der Waals surface area contributed by atoms with Crippen LogP contribution in [0.25, 0.3) is 0 Å². The van der Waals surface area contributed by atoms with Gasteiger partial charge < -0.3 is 15.4 Å². The van der Waals surface area contributed by atoms with Crippen molar-refractivity contribution in [2.45, 2.75) is 40.2 Å². The maximum Gasteiger partial charge on any atom is 0.265 e. The van der Waals surface area contributed by atoms with E-state index >= 15 is 0 Å². The first-order valence-corrected chi connectivity index (χ1v) is 8.83. The first-order valence-electron chi connectivity index (χ1n) is 8.83. The number of amides is 2. The third-order valence-corrected chi connectivity index (χ3v) is 3.84. The molecule has 0 aliphatic rings. The number of anilines is 1. The average Bonchev–Trinajstić information content (AvgIpc) is 2.59. The van der Waals surface area contributed by atoms with Gasteiger partial charge in [0.2, 0.25) is 0 Å². The zero-order chi connectivity index (χ0) is 19.1. The predicted molar refractivity (Wildman–Crippen MR) is 104 cm³/mol. The summed E-state index contributed by atoms with van der Waals surface area (Å²) in [5.41, 5.74) is 3.06. The number of rotatable bonds is 7. The molecule has 0 aliphatic carbocycles. The minimum absolute atomic E-state index is 0.203. The highest BCUT2D eigenvalue weighted by atomic mass is 16.5. The quantitative estimate of drug-likeness (QED) is 0.794. The number of para-hydroxylation sites is 1. The summed E-state index contributed by atoms with van der Waals surface area (Å²) in [4.78, 5) is 24.8. The van der Waals surface area contributed by atoms with E-state index in [0.717, 1.165) is 17.5 Å². The lowest BCUT2D eigenvalue weighted by Gasteiger charge is -2.17. The van der Waals surface area contributed by atoms with Gasteiger partial charge in [-0.2, -0.15) is 0 Å². The average molecular weight is 354 g/mol. The van der Waals surface area contributed by atoms with Crippen LogP contribution in [0.3, 0.4) is 0 Å². The van der Waals surface area contributed by atoms with Gasteiger partial charge in [-0.3, -0.25) is 9.59 Å². The van der Waals surface area contributed by atoms with Gasteiger partial charge in [0, 0.05) is 6.54 Å². The van der Waals surface area contributed by atoms with Gasteiger partial charge in [-0.15, -0.1) is 0 Å².